The molecular weight excluding hydrogens is 214 g/mol. The molecule has 0 spiro atoms. The van der Waals surface area contributed by atoms with Crippen LogP contribution >= 0.6 is 0 Å². The number of phenols is 1. The second kappa shape index (κ2) is 3.49. The highest BCUT2D eigenvalue weighted by Gasteiger charge is 2.26. The molecule has 84 valence electrons. The minimum atomic E-state index is -1.04. The summed E-state index contributed by atoms with van der Waals surface area (Å²) >= 11 is 0. The van der Waals surface area contributed by atoms with E-state index in [1.807, 2.05) is 0 Å². The van der Waals surface area contributed by atoms with Crippen molar-refractivity contribution in [2.75, 3.05) is 0 Å². The van der Waals surface area contributed by atoms with Crippen LogP contribution < -0.4 is 0 Å². The van der Waals surface area contributed by atoms with Gasteiger partial charge in [0.15, 0.2) is 5.58 Å². The number of hydrogen-bond acceptors (Lipinski definition) is 5. The van der Waals surface area contributed by atoms with Crippen LogP contribution in [0.5, 0.6) is 5.75 Å². The van der Waals surface area contributed by atoms with Crippen molar-refractivity contribution < 1.29 is 19.6 Å². The molecule has 0 fully saturated rings. The third kappa shape index (κ3) is 1.40. The monoisotopic (exact) mass is 223 g/mol. The largest absolute Gasteiger partial charge is 0.499 e. The predicted octanol–water partition coefficient (Wildman–Crippen LogP) is 2.10. The van der Waals surface area contributed by atoms with Crippen molar-refractivity contribution >= 4 is 16.7 Å². The lowest BCUT2D eigenvalue weighted by Gasteiger charge is -2.07. The van der Waals surface area contributed by atoms with Gasteiger partial charge < -0.3 is 14.6 Å². The predicted molar refractivity (Wildman–Crippen MR) is 55.2 cm³/mol. The molecule has 2 rings (SSSR count). The number of hydrogen-bond donors (Lipinski definition) is 2. The van der Waals surface area contributed by atoms with Gasteiger partial charge in [-0.25, -0.2) is 0 Å². The Bertz CT molecular complexity index is 558. The zero-order valence-electron chi connectivity index (χ0n) is 8.38. The summed E-state index contributed by atoms with van der Waals surface area (Å²) in [6.07, 6.45) is 0.283. The number of phenolic OH excluding ortho intramolecular Hbond substituents is 1. The minimum Gasteiger partial charge on any atom is -0.499 e. The van der Waals surface area contributed by atoms with E-state index >= 15 is 0 Å². The molecule has 0 amide bonds. The fraction of sp³-hybridized carbons (Fsp3) is 0.200. The first-order valence-electron chi connectivity index (χ1n) is 4.58. The Hall–Kier alpha value is -2.08. The maximum Gasteiger partial charge on any atom is 0.320 e. The first kappa shape index (κ1) is 10.4. The molecule has 0 aliphatic carbocycles. The summed E-state index contributed by atoms with van der Waals surface area (Å²) in [6, 6.07) is 2.99. The molecule has 2 aromatic rings. The van der Waals surface area contributed by atoms with Crippen molar-refractivity contribution in [3.05, 3.63) is 34.1 Å². The number of rotatable bonds is 2. The molecule has 1 aromatic heterocycles. The summed E-state index contributed by atoms with van der Waals surface area (Å²) in [5.74, 6) is -0.552. The van der Waals surface area contributed by atoms with Crippen molar-refractivity contribution in [3.8, 4) is 5.75 Å². The molecular formula is C10H9NO5. The van der Waals surface area contributed by atoms with Gasteiger partial charge in [0.2, 0.25) is 5.75 Å². The van der Waals surface area contributed by atoms with E-state index in [1.165, 1.54) is 19.3 Å². The lowest BCUT2D eigenvalue weighted by molar-refractivity contribution is -0.387. The van der Waals surface area contributed by atoms with Crippen molar-refractivity contribution in [1.82, 2.24) is 0 Å². The second-order valence-electron chi connectivity index (χ2n) is 3.44. The first-order valence-corrected chi connectivity index (χ1v) is 4.58. The average Bonchev–Trinajstić information content (AvgIpc) is 2.64. The molecule has 0 bridgehead atoms. The number of nitro groups is 1. The molecule has 16 heavy (non-hydrogen) atoms. The highest BCUT2D eigenvalue weighted by Crippen LogP contribution is 2.40. The fourth-order valence-corrected chi connectivity index (χ4v) is 1.62. The average molecular weight is 223 g/mol. The van der Waals surface area contributed by atoms with E-state index < -0.39 is 22.5 Å². The van der Waals surface area contributed by atoms with E-state index in [2.05, 4.69) is 0 Å². The topological polar surface area (TPSA) is 96.7 Å². The maximum absolute atomic E-state index is 10.8. The van der Waals surface area contributed by atoms with Gasteiger partial charge in [-0.05, 0) is 19.1 Å². The van der Waals surface area contributed by atoms with E-state index in [-0.39, 0.29) is 11.1 Å². The number of benzene rings is 1. The third-order valence-corrected chi connectivity index (χ3v) is 2.35. The summed E-state index contributed by atoms with van der Waals surface area (Å²) in [7, 11) is 0. The number of aromatic hydroxyl groups is 1. The van der Waals surface area contributed by atoms with Gasteiger partial charge in [-0.15, -0.1) is 0 Å². The van der Waals surface area contributed by atoms with Gasteiger partial charge in [-0.3, -0.25) is 10.1 Å². The summed E-state index contributed by atoms with van der Waals surface area (Å²) in [5.41, 5.74) is -0.398. The molecule has 1 heterocycles. The Balaban J connectivity index is 2.86. The highest BCUT2D eigenvalue weighted by atomic mass is 16.6. The Morgan fingerprint density at radius 2 is 2.25 bits per heavy atom. The standard InChI is InChI=1S/C10H9NO5/c1-5(12)7-4-6-2-3-16-10(6)9(13)8(7)11(14)15/h2-5,12-13H,1H3. The Morgan fingerprint density at radius 3 is 2.81 bits per heavy atom. The first-order chi connectivity index (χ1) is 7.52. The number of aliphatic hydroxyl groups excluding tert-OH is 1. The van der Waals surface area contributed by atoms with Crippen LogP contribution in [0.25, 0.3) is 11.0 Å². The number of nitro benzene ring substituents is 1. The zero-order chi connectivity index (χ0) is 11.9. The lowest BCUT2D eigenvalue weighted by Crippen LogP contribution is -1.99. The second-order valence-corrected chi connectivity index (χ2v) is 3.44. The molecule has 0 saturated heterocycles. The van der Waals surface area contributed by atoms with Gasteiger partial charge in [-0.1, -0.05) is 0 Å². The molecule has 2 N–H and O–H groups in total. The van der Waals surface area contributed by atoms with E-state index in [9.17, 15) is 20.3 Å². The number of aliphatic hydroxyl groups is 1. The minimum absolute atomic E-state index is 0.0519. The zero-order valence-corrected chi connectivity index (χ0v) is 8.38. The summed E-state index contributed by atoms with van der Waals surface area (Å²) in [6.45, 7) is 1.40. The lowest BCUT2D eigenvalue weighted by atomic mass is 10.1. The van der Waals surface area contributed by atoms with Crippen molar-refractivity contribution in [2.45, 2.75) is 13.0 Å². The van der Waals surface area contributed by atoms with Crippen LogP contribution in [0, 0.1) is 10.1 Å². The van der Waals surface area contributed by atoms with Crippen LogP contribution in [-0.2, 0) is 0 Å². The van der Waals surface area contributed by atoms with Crippen LogP contribution in [0.2, 0.25) is 0 Å². The highest BCUT2D eigenvalue weighted by molar-refractivity contribution is 5.88. The van der Waals surface area contributed by atoms with Crippen molar-refractivity contribution in [1.29, 1.82) is 0 Å². The molecule has 0 saturated carbocycles. The fourth-order valence-electron chi connectivity index (χ4n) is 1.62. The third-order valence-electron chi connectivity index (χ3n) is 2.35. The van der Waals surface area contributed by atoms with Crippen molar-refractivity contribution in [3.63, 3.8) is 0 Å². The van der Waals surface area contributed by atoms with E-state index in [0.717, 1.165) is 0 Å². The van der Waals surface area contributed by atoms with Crippen LogP contribution in [0.3, 0.4) is 0 Å². The summed E-state index contributed by atoms with van der Waals surface area (Å²) < 4.78 is 4.94. The maximum atomic E-state index is 10.8. The van der Waals surface area contributed by atoms with Gasteiger partial charge in [0, 0.05) is 5.39 Å². The van der Waals surface area contributed by atoms with Crippen LogP contribution in [0.1, 0.15) is 18.6 Å². The summed E-state index contributed by atoms with van der Waals surface area (Å²) in [5, 5.41) is 30.4. The number of fused-ring (bicyclic) bond motifs is 1. The van der Waals surface area contributed by atoms with Gasteiger partial charge in [0.25, 0.3) is 0 Å². The number of furan rings is 1. The van der Waals surface area contributed by atoms with Crippen LogP contribution in [0.4, 0.5) is 5.69 Å². The molecule has 0 radical (unpaired) electrons. The smallest absolute Gasteiger partial charge is 0.320 e. The Labute approximate surface area is 89.9 Å². The molecule has 1 atom stereocenters. The van der Waals surface area contributed by atoms with Gasteiger partial charge in [0.1, 0.15) is 0 Å². The molecule has 1 unspecified atom stereocenters. The molecule has 6 nitrogen and oxygen atoms in total. The van der Waals surface area contributed by atoms with Gasteiger partial charge in [0.05, 0.1) is 22.9 Å². The normalized spacial score (nSPS) is 12.9. The number of nitrogens with zero attached hydrogens (tertiary/aromatic N) is 1. The van der Waals surface area contributed by atoms with Crippen molar-refractivity contribution in [2.24, 2.45) is 0 Å². The van der Waals surface area contributed by atoms with Gasteiger partial charge >= 0.3 is 5.69 Å². The Kier molecular flexibility index (Phi) is 2.28. The molecule has 1 aromatic carbocycles. The Morgan fingerprint density at radius 1 is 1.56 bits per heavy atom. The van der Waals surface area contributed by atoms with E-state index in [4.69, 9.17) is 4.42 Å². The quantitative estimate of drug-likeness (QED) is 0.600. The molecule has 6 heteroatoms. The SMILES string of the molecule is CC(O)c1cc2ccoc2c(O)c1[N+](=O)[O-]. The molecule has 0 aliphatic heterocycles. The summed E-state index contributed by atoms with van der Waals surface area (Å²) in [4.78, 5) is 10.1. The van der Waals surface area contributed by atoms with Gasteiger partial charge in [-0.2, -0.15) is 0 Å². The van der Waals surface area contributed by atoms with E-state index in [1.54, 1.807) is 6.07 Å². The molecule has 0 aliphatic rings. The van der Waals surface area contributed by atoms with Crippen LogP contribution in [-0.4, -0.2) is 15.1 Å². The van der Waals surface area contributed by atoms with Crippen LogP contribution in [0.15, 0.2) is 22.8 Å². The van der Waals surface area contributed by atoms with E-state index in [0.29, 0.717) is 5.39 Å².